The van der Waals surface area contributed by atoms with Crippen molar-refractivity contribution in [2.75, 3.05) is 27.2 Å². The highest BCUT2D eigenvalue weighted by Gasteiger charge is 2.33. The van der Waals surface area contributed by atoms with Gasteiger partial charge in [0.15, 0.2) is 6.10 Å². The molecule has 0 bridgehead atoms. The Kier molecular flexibility index (Phi) is 10.8. The second-order valence-corrected chi connectivity index (χ2v) is 8.36. The van der Waals surface area contributed by atoms with Gasteiger partial charge in [0.05, 0.1) is 12.7 Å². The van der Waals surface area contributed by atoms with Gasteiger partial charge in [-0.1, -0.05) is 30.3 Å². The zero-order valence-electron chi connectivity index (χ0n) is 16.9. The molecule has 1 rings (SSSR count). The first kappa shape index (κ1) is 23.8. The number of phosphoric acid groups is 1. The van der Waals surface area contributed by atoms with Crippen molar-refractivity contribution in [2.45, 2.75) is 52.4 Å². The highest BCUT2D eigenvalue weighted by molar-refractivity contribution is 7.48. The van der Waals surface area contributed by atoms with Crippen LogP contribution in [0, 0.1) is 0 Å². The SMILES string of the molecule is CC(C)OP(=O)(OCCCCN(C)C)OC(C)C(=O)OCc1ccccc1. The van der Waals surface area contributed by atoms with Gasteiger partial charge in [-0.2, -0.15) is 0 Å². The van der Waals surface area contributed by atoms with E-state index in [0.29, 0.717) is 6.42 Å². The summed E-state index contributed by atoms with van der Waals surface area (Å²) in [4.78, 5) is 14.2. The third kappa shape index (κ3) is 10.6. The zero-order valence-corrected chi connectivity index (χ0v) is 17.8. The van der Waals surface area contributed by atoms with Crippen LogP contribution >= 0.6 is 7.82 Å². The molecule has 2 unspecified atom stereocenters. The summed E-state index contributed by atoms with van der Waals surface area (Å²) in [5.74, 6) is -0.623. The molecule has 0 saturated carbocycles. The number of phosphoric ester groups is 1. The smallest absolute Gasteiger partial charge is 0.459 e. The molecule has 0 aliphatic carbocycles. The fraction of sp³-hybridized carbons (Fsp3) is 0.632. The summed E-state index contributed by atoms with van der Waals surface area (Å²) < 4.78 is 34.1. The lowest BCUT2D eigenvalue weighted by molar-refractivity contribution is -0.153. The van der Waals surface area contributed by atoms with Crippen molar-refractivity contribution in [2.24, 2.45) is 0 Å². The molecule has 0 fully saturated rings. The van der Waals surface area contributed by atoms with E-state index in [2.05, 4.69) is 4.90 Å². The molecule has 2 atom stereocenters. The highest BCUT2D eigenvalue weighted by Crippen LogP contribution is 2.51. The lowest BCUT2D eigenvalue weighted by atomic mass is 10.2. The fourth-order valence-electron chi connectivity index (χ4n) is 2.13. The Bertz CT molecular complexity index is 593. The van der Waals surface area contributed by atoms with E-state index >= 15 is 0 Å². The molecule has 0 heterocycles. The topological polar surface area (TPSA) is 74.3 Å². The molecule has 8 heteroatoms. The number of ether oxygens (including phenoxy) is 1. The maximum atomic E-state index is 12.8. The maximum absolute atomic E-state index is 12.8. The van der Waals surface area contributed by atoms with Gasteiger partial charge in [0.25, 0.3) is 0 Å². The van der Waals surface area contributed by atoms with Gasteiger partial charge in [-0.25, -0.2) is 9.36 Å². The molecule has 27 heavy (non-hydrogen) atoms. The van der Waals surface area contributed by atoms with Gasteiger partial charge >= 0.3 is 13.8 Å². The number of hydrogen-bond donors (Lipinski definition) is 0. The van der Waals surface area contributed by atoms with E-state index in [0.717, 1.165) is 18.5 Å². The van der Waals surface area contributed by atoms with Crippen molar-refractivity contribution in [3.63, 3.8) is 0 Å². The Balaban J connectivity index is 2.52. The summed E-state index contributed by atoms with van der Waals surface area (Å²) in [6.45, 7) is 6.17. The summed E-state index contributed by atoms with van der Waals surface area (Å²) in [6.07, 6.45) is 0.161. The number of rotatable bonds is 13. The summed E-state index contributed by atoms with van der Waals surface area (Å²) in [5, 5.41) is 0. The Morgan fingerprint density at radius 2 is 1.74 bits per heavy atom. The lowest BCUT2D eigenvalue weighted by Crippen LogP contribution is -2.24. The van der Waals surface area contributed by atoms with Gasteiger partial charge in [-0.3, -0.25) is 13.6 Å². The van der Waals surface area contributed by atoms with Crippen LogP contribution in [-0.4, -0.2) is 50.3 Å². The molecular weight excluding hydrogens is 369 g/mol. The molecule has 0 saturated heterocycles. The summed E-state index contributed by atoms with van der Waals surface area (Å²) in [6, 6.07) is 9.30. The van der Waals surface area contributed by atoms with Crippen LogP contribution in [-0.2, 0) is 34.3 Å². The average molecular weight is 401 g/mol. The Morgan fingerprint density at radius 1 is 1.07 bits per heavy atom. The van der Waals surface area contributed by atoms with E-state index in [-0.39, 0.29) is 19.3 Å². The molecule has 0 aliphatic rings. The monoisotopic (exact) mass is 401 g/mol. The number of esters is 1. The van der Waals surface area contributed by atoms with Crippen LogP contribution in [0.15, 0.2) is 30.3 Å². The van der Waals surface area contributed by atoms with E-state index < -0.39 is 19.9 Å². The van der Waals surface area contributed by atoms with Gasteiger partial charge in [-0.05, 0) is 59.8 Å². The Labute approximate surface area is 162 Å². The van der Waals surface area contributed by atoms with Crippen molar-refractivity contribution in [1.82, 2.24) is 4.90 Å². The number of unbranched alkanes of at least 4 members (excludes halogenated alkanes) is 1. The van der Waals surface area contributed by atoms with Crippen LogP contribution < -0.4 is 0 Å². The minimum atomic E-state index is -3.86. The quantitative estimate of drug-likeness (QED) is 0.281. The number of hydrogen-bond acceptors (Lipinski definition) is 7. The summed E-state index contributed by atoms with van der Waals surface area (Å²) >= 11 is 0. The minimum Gasteiger partial charge on any atom is -0.459 e. The normalized spacial score (nSPS) is 14.9. The first-order chi connectivity index (χ1) is 12.7. The van der Waals surface area contributed by atoms with Crippen molar-refractivity contribution in [3.05, 3.63) is 35.9 Å². The van der Waals surface area contributed by atoms with Crippen molar-refractivity contribution < 1.29 is 27.7 Å². The molecule has 0 spiro atoms. The van der Waals surface area contributed by atoms with Crippen molar-refractivity contribution in [3.8, 4) is 0 Å². The molecule has 1 aromatic carbocycles. The zero-order chi connectivity index (χ0) is 20.3. The van der Waals surface area contributed by atoms with Gasteiger partial charge < -0.3 is 9.64 Å². The van der Waals surface area contributed by atoms with E-state index in [1.807, 2.05) is 44.4 Å². The predicted octanol–water partition coefficient (Wildman–Crippen LogP) is 4.03. The highest BCUT2D eigenvalue weighted by atomic mass is 31.2. The standard InChI is InChI=1S/C19H32NO6P/c1-16(2)25-27(22,24-14-10-9-13-20(4)5)26-17(3)19(21)23-15-18-11-7-6-8-12-18/h6-8,11-12,16-17H,9-10,13-15H2,1-5H3. The van der Waals surface area contributed by atoms with Crippen molar-refractivity contribution in [1.29, 1.82) is 0 Å². The van der Waals surface area contributed by atoms with Crippen LogP contribution in [0.25, 0.3) is 0 Å². The number of carbonyl (C=O) groups is 1. The molecule has 0 aliphatic heterocycles. The van der Waals surface area contributed by atoms with Crippen molar-refractivity contribution >= 4 is 13.8 Å². The van der Waals surface area contributed by atoms with E-state index in [4.69, 9.17) is 18.3 Å². The molecular formula is C19H32NO6P. The summed E-state index contributed by atoms with van der Waals surface area (Å²) in [5.41, 5.74) is 0.858. The first-order valence-corrected chi connectivity index (χ1v) is 10.6. The summed E-state index contributed by atoms with van der Waals surface area (Å²) in [7, 11) is 0.112. The second-order valence-electron chi connectivity index (χ2n) is 6.79. The van der Waals surface area contributed by atoms with Crippen LogP contribution in [0.3, 0.4) is 0 Å². The number of carbonyl (C=O) groups excluding carboxylic acids is 1. The molecule has 0 N–H and O–H groups in total. The third-order valence-corrected chi connectivity index (χ3v) is 5.19. The van der Waals surface area contributed by atoms with Gasteiger partial charge in [0.2, 0.25) is 0 Å². The van der Waals surface area contributed by atoms with Crippen LogP contribution in [0.1, 0.15) is 39.2 Å². The largest absolute Gasteiger partial charge is 0.475 e. The number of benzene rings is 1. The maximum Gasteiger partial charge on any atom is 0.475 e. The van der Waals surface area contributed by atoms with E-state index in [1.165, 1.54) is 6.92 Å². The first-order valence-electron chi connectivity index (χ1n) is 9.18. The molecule has 1 aromatic rings. The Hall–Kier alpha value is -1.24. The second kappa shape index (κ2) is 12.3. The minimum absolute atomic E-state index is 0.119. The van der Waals surface area contributed by atoms with Crippen LogP contribution in [0.4, 0.5) is 0 Å². The van der Waals surface area contributed by atoms with Gasteiger partial charge in [0, 0.05) is 0 Å². The Morgan fingerprint density at radius 3 is 2.33 bits per heavy atom. The average Bonchev–Trinajstić information content (AvgIpc) is 2.59. The van der Waals surface area contributed by atoms with Gasteiger partial charge in [-0.15, -0.1) is 0 Å². The molecule has 0 aromatic heterocycles. The van der Waals surface area contributed by atoms with Crippen LogP contribution in [0.2, 0.25) is 0 Å². The van der Waals surface area contributed by atoms with E-state index in [9.17, 15) is 9.36 Å². The number of nitrogens with zero attached hydrogens (tertiary/aromatic N) is 1. The fourth-order valence-corrected chi connectivity index (χ4v) is 3.65. The third-order valence-electron chi connectivity index (χ3n) is 3.43. The molecule has 7 nitrogen and oxygen atoms in total. The molecule has 0 radical (unpaired) electrons. The van der Waals surface area contributed by atoms with Crippen LogP contribution in [0.5, 0.6) is 0 Å². The lowest BCUT2D eigenvalue weighted by Gasteiger charge is -2.22. The van der Waals surface area contributed by atoms with E-state index in [1.54, 1.807) is 13.8 Å². The predicted molar refractivity (Wildman–Crippen MR) is 104 cm³/mol. The molecule has 0 amide bonds. The molecule has 154 valence electrons. The van der Waals surface area contributed by atoms with Gasteiger partial charge in [0.1, 0.15) is 6.61 Å².